The van der Waals surface area contributed by atoms with Crippen molar-refractivity contribution >= 4 is 12.0 Å². The van der Waals surface area contributed by atoms with E-state index in [1.54, 1.807) is 13.1 Å². The van der Waals surface area contributed by atoms with Crippen LogP contribution in [-0.4, -0.2) is 36.5 Å². The summed E-state index contributed by atoms with van der Waals surface area (Å²) in [5, 5.41) is 11.8. The fourth-order valence-corrected chi connectivity index (χ4v) is 1.79. The number of nitriles is 1. The van der Waals surface area contributed by atoms with Crippen LogP contribution in [0.1, 0.15) is 28.5 Å². The Labute approximate surface area is 141 Å². The summed E-state index contributed by atoms with van der Waals surface area (Å²) in [5.74, 6) is 0.108. The van der Waals surface area contributed by atoms with Crippen LogP contribution in [0.4, 0.5) is 5.69 Å². The Kier molecular flexibility index (Phi) is 8.50. The predicted octanol–water partition coefficient (Wildman–Crippen LogP) is 1.59. The topological polar surface area (TPSA) is 114 Å². The zero-order valence-corrected chi connectivity index (χ0v) is 13.8. The maximum Gasteiger partial charge on any atom is 0.234 e. The number of aromatic nitrogens is 2. The van der Waals surface area contributed by atoms with Crippen LogP contribution in [0.3, 0.4) is 0 Å². The van der Waals surface area contributed by atoms with Crippen molar-refractivity contribution in [2.45, 2.75) is 13.3 Å². The van der Waals surface area contributed by atoms with Crippen molar-refractivity contribution in [1.29, 1.82) is 5.26 Å². The number of anilines is 1. The molecular weight excluding hydrogens is 306 g/mol. The molecule has 0 atom stereocenters. The quantitative estimate of drug-likeness (QED) is 0.774. The number of likely N-dealkylation sites (N-methyl/N-ethyl adjacent to an activating group) is 1. The number of hydrogen-bond acceptors (Lipinski definition) is 7. The van der Waals surface area contributed by atoms with Gasteiger partial charge in [0.25, 0.3) is 0 Å². The minimum Gasteiger partial charge on any atom is -0.477 e. The number of nitrogens with zero attached hydrogens (tertiary/aromatic N) is 3. The van der Waals surface area contributed by atoms with E-state index >= 15 is 0 Å². The monoisotopic (exact) mass is 327 g/mol. The molecule has 0 aliphatic heterocycles. The smallest absolute Gasteiger partial charge is 0.234 e. The first-order valence-electron chi connectivity index (χ1n) is 7.48. The Morgan fingerprint density at radius 3 is 2.83 bits per heavy atom. The van der Waals surface area contributed by atoms with Gasteiger partial charge in [-0.1, -0.05) is 6.07 Å². The summed E-state index contributed by atoms with van der Waals surface area (Å²) in [6.07, 6.45) is 5.31. The first-order valence-corrected chi connectivity index (χ1v) is 7.48. The van der Waals surface area contributed by atoms with Gasteiger partial charge in [-0.2, -0.15) is 5.26 Å². The fourth-order valence-electron chi connectivity index (χ4n) is 1.79. The number of nitrogens with two attached hydrogens (primary N) is 1. The van der Waals surface area contributed by atoms with Gasteiger partial charge in [0.15, 0.2) is 6.29 Å². The first-order chi connectivity index (χ1) is 11.7. The Morgan fingerprint density at radius 2 is 2.29 bits per heavy atom. The number of ether oxygens (including phenoxy) is 1. The molecule has 0 aliphatic rings. The number of pyridine rings is 2. The molecule has 3 N–H and O–H groups in total. The van der Waals surface area contributed by atoms with Crippen LogP contribution in [0.5, 0.6) is 5.88 Å². The molecule has 0 fully saturated rings. The molecule has 0 aliphatic carbocycles. The van der Waals surface area contributed by atoms with Gasteiger partial charge in [0, 0.05) is 12.4 Å². The molecule has 2 aromatic rings. The van der Waals surface area contributed by atoms with E-state index in [2.05, 4.69) is 21.4 Å². The second-order valence-electron chi connectivity index (χ2n) is 4.69. The van der Waals surface area contributed by atoms with Gasteiger partial charge < -0.3 is 15.8 Å². The van der Waals surface area contributed by atoms with E-state index in [1.807, 2.05) is 25.4 Å². The van der Waals surface area contributed by atoms with E-state index in [-0.39, 0.29) is 22.8 Å². The second kappa shape index (κ2) is 10.7. The molecule has 0 bridgehead atoms. The summed E-state index contributed by atoms with van der Waals surface area (Å²) in [5.41, 5.74) is 7.35. The van der Waals surface area contributed by atoms with Gasteiger partial charge in [-0.05, 0) is 44.6 Å². The third-order valence-electron chi connectivity index (χ3n) is 2.94. The maximum atomic E-state index is 10.5. The lowest BCUT2D eigenvalue weighted by molar-refractivity contribution is 0.111. The van der Waals surface area contributed by atoms with Crippen LogP contribution in [0.25, 0.3) is 0 Å². The molecule has 0 saturated carbocycles. The Hall–Kier alpha value is -2.98. The number of carbonyl (C=O) groups is 1. The summed E-state index contributed by atoms with van der Waals surface area (Å²) < 4.78 is 5.08. The highest BCUT2D eigenvalue weighted by molar-refractivity contribution is 5.76. The summed E-state index contributed by atoms with van der Waals surface area (Å²) in [7, 11) is 1.95. The average molecular weight is 327 g/mol. The van der Waals surface area contributed by atoms with Crippen molar-refractivity contribution in [2.75, 3.05) is 25.9 Å². The maximum absolute atomic E-state index is 10.5. The lowest BCUT2D eigenvalue weighted by Gasteiger charge is -2.06. The molecule has 7 nitrogen and oxygen atoms in total. The van der Waals surface area contributed by atoms with Crippen LogP contribution in [0.2, 0.25) is 0 Å². The largest absolute Gasteiger partial charge is 0.477 e. The van der Waals surface area contributed by atoms with Gasteiger partial charge in [-0.3, -0.25) is 9.78 Å². The molecule has 24 heavy (non-hydrogen) atoms. The van der Waals surface area contributed by atoms with Crippen LogP contribution in [0.15, 0.2) is 30.6 Å². The highest BCUT2D eigenvalue weighted by atomic mass is 16.5. The third-order valence-corrected chi connectivity index (χ3v) is 2.94. The van der Waals surface area contributed by atoms with Crippen molar-refractivity contribution in [1.82, 2.24) is 15.3 Å². The van der Waals surface area contributed by atoms with Gasteiger partial charge in [0.2, 0.25) is 5.88 Å². The number of nitrogen functional groups attached to an aromatic ring is 1. The molecule has 0 amide bonds. The van der Waals surface area contributed by atoms with Crippen LogP contribution in [-0.2, 0) is 6.42 Å². The summed E-state index contributed by atoms with van der Waals surface area (Å²) in [4.78, 5) is 18.3. The van der Waals surface area contributed by atoms with E-state index in [0.29, 0.717) is 12.9 Å². The van der Waals surface area contributed by atoms with Crippen molar-refractivity contribution in [3.05, 3.63) is 47.4 Å². The Morgan fingerprint density at radius 1 is 1.50 bits per heavy atom. The highest BCUT2D eigenvalue weighted by Crippen LogP contribution is 2.21. The fraction of sp³-hybridized carbons (Fsp3) is 0.294. The summed E-state index contributed by atoms with van der Waals surface area (Å²) >= 11 is 0. The van der Waals surface area contributed by atoms with Gasteiger partial charge in [-0.15, -0.1) is 0 Å². The molecule has 7 heteroatoms. The molecule has 2 rings (SSSR count). The summed E-state index contributed by atoms with van der Waals surface area (Å²) in [6, 6.07) is 7.26. The van der Waals surface area contributed by atoms with E-state index in [9.17, 15) is 4.79 Å². The highest BCUT2D eigenvalue weighted by Gasteiger charge is 2.10. The van der Waals surface area contributed by atoms with Gasteiger partial charge in [-0.25, -0.2) is 4.98 Å². The number of aldehydes is 1. The Balaban J connectivity index is 0.000000254. The van der Waals surface area contributed by atoms with Crippen LogP contribution >= 0.6 is 0 Å². The molecule has 0 radical (unpaired) electrons. The third kappa shape index (κ3) is 6.02. The minimum absolute atomic E-state index is 0.108. The van der Waals surface area contributed by atoms with E-state index < -0.39 is 0 Å². The molecule has 0 saturated heterocycles. The standard InChI is InChI=1S/C9H9N3O2.C8H12N2/c1-2-14-9-7(4-10)8(11)3-6(5-13)12-9;1-9-6-4-8-3-2-5-10-7-8/h3,5H,2H2,1H3,(H2,11,12);2-3,5,7,9H,4,6H2,1H3. The van der Waals surface area contributed by atoms with E-state index in [0.717, 1.165) is 13.0 Å². The first kappa shape index (κ1) is 19.1. The number of nitrogens with one attached hydrogen (secondary N) is 1. The number of carbonyl (C=O) groups excluding carboxylic acids is 1. The number of hydrogen-bond donors (Lipinski definition) is 2. The average Bonchev–Trinajstić information content (AvgIpc) is 2.61. The van der Waals surface area contributed by atoms with Gasteiger partial charge >= 0.3 is 0 Å². The number of rotatable bonds is 6. The van der Waals surface area contributed by atoms with Crippen LogP contribution in [0, 0.1) is 11.3 Å². The molecule has 2 heterocycles. The minimum atomic E-state index is 0.108. The molecular formula is C17H21N5O2. The van der Waals surface area contributed by atoms with Gasteiger partial charge in [0.05, 0.1) is 12.3 Å². The van der Waals surface area contributed by atoms with Crippen molar-refractivity contribution in [3.8, 4) is 11.9 Å². The van der Waals surface area contributed by atoms with E-state index in [1.165, 1.54) is 11.6 Å². The van der Waals surface area contributed by atoms with Crippen LogP contribution < -0.4 is 15.8 Å². The lowest BCUT2D eigenvalue weighted by atomic mass is 10.2. The molecule has 2 aromatic heterocycles. The molecule has 0 unspecified atom stereocenters. The van der Waals surface area contributed by atoms with Gasteiger partial charge in [0.1, 0.15) is 17.3 Å². The Bertz CT molecular complexity index is 683. The molecule has 0 spiro atoms. The summed E-state index contributed by atoms with van der Waals surface area (Å²) in [6.45, 7) is 3.14. The van der Waals surface area contributed by atoms with E-state index in [4.69, 9.17) is 15.7 Å². The zero-order valence-electron chi connectivity index (χ0n) is 13.8. The zero-order chi connectivity index (χ0) is 17.8. The lowest BCUT2D eigenvalue weighted by Crippen LogP contribution is -2.10. The van der Waals surface area contributed by atoms with Crippen molar-refractivity contribution in [3.63, 3.8) is 0 Å². The molecule has 126 valence electrons. The van der Waals surface area contributed by atoms with Crippen molar-refractivity contribution in [2.24, 2.45) is 0 Å². The normalized spacial score (nSPS) is 9.38. The SMILES string of the molecule is CCOc1nc(C=O)cc(N)c1C#N.CNCCc1cccnc1. The van der Waals surface area contributed by atoms with Crippen molar-refractivity contribution < 1.29 is 9.53 Å². The molecule has 0 aromatic carbocycles. The predicted molar refractivity (Wildman–Crippen MR) is 91.8 cm³/mol. The second-order valence-corrected chi connectivity index (χ2v) is 4.69.